The summed E-state index contributed by atoms with van der Waals surface area (Å²) in [6.45, 7) is -2.93. The zero-order chi connectivity index (χ0) is 9.68. The molecule has 1 rings (SSSR count). The van der Waals surface area contributed by atoms with Crippen molar-refractivity contribution < 1.29 is 18.3 Å². The topological polar surface area (TPSA) is 26.3 Å². The average molecular weight is 186 g/mol. The Bertz CT molecular complexity index is 262. The first kappa shape index (κ1) is 9.80. The lowest BCUT2D eigenvalue weighted by Gasteiger charge is -2.10. The number of benzene rings is 1. The highest BCUT2D eigenvalue weighted by Gasteiger charge is 2.15. The second kappa shape index (κ2) is 4.67. The van der Waals surface area contributed by atoms with Gasteiger partial charge in [0.25, 0.3) is 0 Å². The van der Waals surface area contributed by atoms with Crippen molar-refractivity contribution in [3.8, 4) is 0 Å². The summed E-state index contributed by atoms with van der Waals surface area (Å²) >= 11 is 0. The molecule has 0 saturated heterocycles. The predicted octanol–water partition coefficient (Wildman–Crippen LogP) is 2.17. The molecule has 1 unspecified atom stereocenters. The van der Waals surface area contributed by atoms with Gasteiger partial charge >= 0.3 is 6.61 Å². The summed E-state index contributed by atoms with van der Waals surface area (Å²) in [6, 6.07) is 8.15. The van der Waals surface area contributed by atoms with E-state index in [2.05, 4.69) is 4.74 Å². The molecule has 0 aromatic heterocycles. The van der Waals surface area contributed by atoms with Crippen LogP contribution in [0.15, 0.2) is 30.3 Å². The number of aldehydes is 1. The summed E-state index contributed by atoms with van der Waals surface area (Å²) in [4.78, 5) is 10.4. The first-order chi connectivity index (χ1) is 6.24. The summed E-state index contributed by atoms with van der Waals surface area (Å²) < 4.78 is 27.6. The van der Waals surface area contributed by atoms with Crippen molar-refractivity contribution in [3.05, 3.63) is 35.9 Å². The highest BCUT2D eigenvalue weighted by atomic mass is 19.3. The SMILES string of the molecule is O=CC(OC(F)F)c1ccccc1. The first-order valence-electron chi connectivity index (χ1n) is 3.68. The smallest absolute Gasteiger partial charge is 0.307 e. The minimum Gasteiger partial charge on any atom is -0.307 e. The Morgan fingerprint density at radius 1 is 1.23 bits per heavy atom. The lowest BCUT2D eigenvalue weighted by atomic mass is 10.1. The Hall–Kier alpha value is -1.29. The lowest BCUT2D eigenvalue weighted by Crippen LogP contribution is -2.09. The van der Waals surface area contributed by atoms with Crippen LogP contribution in [0.2, 0.25) is 0 Å². The molecule has 0 bridgehead atoms. The van der Waals surface area contributed by atoms with Gasteiger partial charge in [0.1, 0.15) is 6.10 Å². The number of carbonyl (C=O) groups is 1. The molecule has 2 nitrogen and oxygen atoms in total. The van der Waals surface area contributed by atoms with E-state index in [1.165, 1.54) is 0 Å². The molecule has 0 heterocycles. The number of hydrogen-bond donors (Lipinski definition) is 0. The minimum atomic E-state index is -2.93. The molecule has 0 amide bonds. The molecular formula is C9H8F2O2. The minimum absolute atomic E-state index is 0.349. The molecule has 1 atom stereocenters. The van der Waals surface area contributed by atoms with Gasteiger partial charge in [0.2, 0.25) is 0 Å². The Balaban J connectivity index is 2.73. The van der Waals surface area contributed by atoms with Crippen LogP contribution in [0.4, 0.5) is 8.78 Å². The van der Waals surface area contributed by atoms with Gasteiger partial charge < -0.3 is 9.53 Å². The third-order valence-corrected chi connectivity index (χ3v) is 1.50. The normalized spacial score (nSPS) is 12.8. The summed E-state index contributed by atoms with van der Waals surface area (Å²) in [7, 11) is 0. The largest absolute Gasteiger partial charge is 0.346 e. The molecule has 13 heavy (non-hydrogen) atoms. The molecule has 4 heteroatoms. The fourth-order valence-electron chi connectivity index (χ4n) is 0.943. The van der Waals surface area contributed by atoms with Gasteiger partial charge in [-0.2, -0.15) is 8.78 Å². The third-order valence-electron chi connectivity index (χ3n) is 1.50. The lowest BCUT2D eigenvalue weighted by molar-refractivity contribution is -0.168. The fourth-order valence-corrected chi connectivity index (χ4v) is 0.943. The van der Waals surface area contributed by atoms with E-state index in [1.807, 2.05) is 0 Å². The quantitative estimate of drug-likeness (QED) is 0.673. The zero-order valence-corrected chi connectivity index (χ0v) is 6.69. The fraction of sp³-hybridized carbons (Fsp3) is 0.222. The average Bonchev–Trinajstić information content (AvgIpc) is 2.15. The number of hydrogen-bond acceptors (Lipinski definition) is 2. The van der Waals surface area contributed by atoms with Crippen LogP contribution < -0.4 is 0 Å². The molecular weight excluding hydrogens is 178 g/mol. The Kier molecular flexibility index (Phi) is 3.52. The van der Waals surface area contributed by atoms with Gasteiger partial charge in [-0.1, -0.05) is 30.3 Å². The van der Waals surface area contributed by atoms with E-state index in [0.717, 1.165) is 0 Å². The van der Waals surface area contributed by atoms with Crippen molar-refractivity contribution >= 4 is 6.29 Å². The van der Waals surface area contributed by atoms with Gasteiger partial charge in [-0.3, -0.25) is 0 Å². The summed E-state index contributed by atoms with van der Waals surface area (Å²) in [5, 5.41) is 0. The van der Waals surface area contributed by atoms with Crippen LogP contribution in [0.1, 0.15) is 11.7 Å². The molecule has 0 N–H and O–H groups in total. The van der Waals surface area contributed by atoms with E-state index >= 15 is 0 Å². The monoisotopic (exact) mass is 186 g/mol. The molecule has 0 aliphatic rings. The molecule has 1 aromatic rings. The van der Waals surface area contributed by atoms with Crippen molar-refractivity contribution in [2.45, 2.75) is 12.7 Å². The van der Waals surface area contributed by atoms with E-state index in [4.69, 9.17) is 0 Å². The van der Waals surface area contributed by atoms with Crippen molar-refractivity contribution in [1.29, 1.82) is 0 Å². The highest BCUT2D eigenvalue weighted by Crippen LogP contribution is 2.17. The van der Waals surface area contributed by atoms with Crippen LogP contribution in [-0.4, -0.2) is 12.9 Å². The Labute approximate surface area is 74.1 Å². The molecule has 0 saturated carbocycles. The van der Waals surface area contributed by atoms with Crippen LogP contribution in [0.3, 0.4) is 0 Å². The van der Waals surface area contributed by atoms with E-state index in [9.17, 15) is 13.6 Å². The summed E-state index contributed by atoms with van der Waals surface area (Å²) in [5.41, 5.74) is 0.429. The molecule has 70 valence electrons. The van der Waals surface area contributed by atoms with E-state index in [0.29, 0.717) is 11.8 Å². The molecule has 0 spiro atoms. The van der Waals surface area contributed by atoms with Crippen LogP contribution in [0.5, 0.6) is 0 Å². The molecule has 1 aromatic carbocycles. The Morgan fingerprint density at radius 3 is 2.31 bits per heavy atom. The summed E-state index contributed by atoms with van der Waals surface area (Å²) in [5.74, 6) is 0. The maximum absolute atomic E-state index is 11.8. The zero-order valence-electron chi connectivity index (χ0n) is 6.69. The van der Waals surface area contributed by atoms with Crippen molar-refractivity contribution in [1.82, 2.24) is 0 Å². The van der Waals surface area contributed by atoms with Gasteiger partial charge in [0.05, 0.1) is 0 Å². The van der Waals surface area contributed by atoms with Crippen LogP contribution in [0.25, 0.3) is 0 Å². The summed E-state index contributed by atoms with van der Waals surface area (Å²) in [6.07, 6.45) is -0.831. The maximum atomic E-state index is 11.8. The second-order valence-electron chi connectivity index (χ2n) is 2.36. The second-order valence-corrected chi connectivity index (χ2v) is 2.36. The van der Waals surface area contributed by atoms with Gasteiger partial charge in [0, 0.05) is 0 Å². The number of rotatable bonds is 4. The van der Waals surface area contributed by atoms with Gasteiger partial charge in [-0.05, 0) is 5.56 Å². The Morgan fingerprint density at radius 2 is 1.85 bits per heavy atom. The molecule has 0 fully saturated rings. The van der Waals surface area contributed by atoms with Crippen molar-refractivity contribution in [2.75, 3.05) is 0 Å². The molecule has 0 radical (unpaired) electrons. The van der Waals surface area contributed by atoms with E-state index in [-0.39, 0.29) is 0 Å². The van der Waals surface area contributed by atoms with Crippen LogP contribution in [-0.2, 0) is 9.53 Å². The molecule has 0 aliphatic heterocycles. The van der Waals surface area contributed by atoms with Crippen LogP contribution >= 0.6 is 0 Å². The van der Waals surface area contributed by atoms with Crippen molar-refractivity contribution in [2.24, 2.45) is 0 Å². The van der Waals surface area contributed by atoms with Crippen molar-refractivity contribution in [3.63, 3.8) is 0 Å². The number of ether oxygens (including phenoxy) is 1. The van der Waals surface area contributed by atoms with Crippen LogP contribution in [0, 0.1) is 0 Å². The molecule has 0 aliphatic carbocycles. The number of halogens is 2. The highest BCUT2D eigenvalue weighted by molar-refractivity contribution is 5.59. The van der Waals surface area contributed by atoms with E-state index in [1.54, 1.807) is 30.3 Å². The van der Waals surface area contributed by atoms with Gasteiger partial charge in [-0.25, -0.2) is 0 Å². The third kappa shape index (κ3) is 2.91. The van der Waals surface area contributed by atoms with E-state index < -0.39 is 12.7 Å². The predicted molar refractivity (Wildman–Crippen MR) is 42.3 cm³/mol. The number of alkyl halides is 2. The van der Waals surface area contributed by atoms with Gasteiger partial charge in [-0.15, -0.1) is 0 Å². The number of carbonyl (C=O) groups excluding carboxylic acids is 1. The maximum Gasteiger partial charge on any atom is 0.346 e. The standard InChI is InChI=1S/C9H8F2O2/c10-9(11)13-8(6-12)7-4-2-1-3-5-7/h1-6,8-9H. The first-order valence-corrected chi connectivity index (χ1v) is 3.68. The van der Waals surface area contributed by atoms with Gasteiger partial charge in [0.15, 0.2) is 6.29 Å².